The van der Waals surface area contributed by atoms with E-state index in [1.165, 1.54) is 5.56 Å². The number of hydrogen-bond donors (Lipinski definition) is 0. The molecule has 74 valence electrons. The maximum Gasteiger partial charge on any atom is 0.124 e. The van der Waals surface area contributed by atoms with E-state index in [2.05, 4.69) is 22.0 Å². The highest BCUT2D eigenvalue weighted by molar-refractivity contribution is 9.08. The van der Waals surface area contributed by atoms with Crippen LogP contribution >= 0.6 is 15.9 Å². The predicted octanol–water partition coefficient (Wildman–Crippen LogP) is 3.24. The van der Waals surface area contributed by atoms with Crippen LogP contribution in [-0.4, -0.2) is 4.57 Å². The van der Waals surface area contributed by atoms with Gasteiger partial charge in [0.05, 0.1) is 0 Å². The van der Waals surface area contributed by atoms with Gasteiger partial charge in [0.2, 0.25) is 0 Å². The van der Waals surface area contributed by atoms with Gasteiger partial charge >= 0.3 is 0 Å². The van der Waals surface area contributed by atoms with Crippen LogP contribution in [0.5, 0.6) is 0 Å². The van der Waals surface area contributed by atoms with Crippen molar-refractivity contribution < 1.29 is 0 Å². The lowest BCUT2D eigenvalue weighted by Gasteiger charge is -2.05. The van der Waals surface area contributed by atoms with E-state index in [9.17, 15) is 0 Å². The molecule has 0 radical (unpaired) electrons. The molecule has 1 aromatic carbocycles. The first-order valence-corrected chi connectivity index (χ1v) is 5.70. The summed E-state index contributed by atoms with van der Waals surface area (Å²) < 4.78 is 1.87. The van der Waals surface area contributed by atoms with Gasteiger partial charge in [-0.3, -0.25) is 0 Å². The lowest BCUT2D eigenvalue weighted by atomic mass is 10.2. The van der Waals surface area contributed by atoms with Crippen molar-refractivity contribution in [1.29, 1.82) is 5.26 Å². The second-order valence-corrected chi connectivity index (χ2v) is 3.74. The molecular formula is C12H9BrN2. The van der Waals surface area contributed by atoms with Crippen molar-refractivity contribution in [2.24, 2.45) is 0 Å². The quantitative estimate of drug-likeness (QED) is 0.763. The molecule has 2 rings (SSSR count). The highest BCUT2D eigenvalue weighted by Gasteiger charge is 2.01. The molecule has 0 fully saturated rings. The van der Waals surface area contributed by atoms with Gasteiger partial charge in [0, 0.05) is 17.2 Å². The Balaban J connectivity index is 2.42. The minimum absolute atomic E-state index is 0.654. The van der Waals surface area contributed by atoms with Crippen LogP contribution in [0.4, 0.5) is 0 Å². The number of nitriles is 1. The summed E-state index contributed by atoms with van der Waals surface area (Å²) in [5.74, 6) is 0. The van der Waals surface area contributed by atoms with Crippen LogP contribution in [0.3, 0.4) is 0 Å². The summed E-state index contributed by atoms with van der Waals surface area (Å²) in [6.07, 6.45) is 1.89. The van der Waals surface area contributed by atoms with Crippen LogP contribution < -0.4 is 0 Å². The number of aromatic nitrogens is 1. The van der Waals surface area contributed by atoms with Gasteiger partial charge in [0.1, 0.15) is 11.8 Å². The van der Waals surface area contributed by atoms with Gasteiger partial charge in [-0.25, -0.2) is 0 Å². The molecule has 2 nitrogen and oxygen atoms in total. The molecule has 0 aliphatic rings. The fourth-order valence-corrected chi connectivity index (χ4v) is 1.82. The van der Waals surface area contributed by atoms with Crippen molar-refractivity contribution >= 4 is 15.9 Å². The zero-order valence-electron chi connectivity index (χ0n) is 8.02. The van der Waals surface area contributed by atoms with Crippen LogP contribution in [-0.2, 0) is 5.33 Å². The van der Waals surface area contributed by atoms with E-state index in [0.717, 1.165) is 11.0 Å². The molecule has 0 saturated heterocycles. The van der Waals surface area contributed by atoms with Crippen molar-refractivity contribution in [3.8, 4) is 11.8 Å². The van der Waals surface area contributed by atoms with E-state index in [4.69, 9.17) is 5.26 Å². The summed E-state index contributed by atoms with van der Waals surface area (Å²) in [4.78, 5) is 0. The zero-order chi connectivity index (χ0) is 10.7. The highest BCUT2D eigenvalue weighted by Crippen LogP contribution is 2.14. The third-order valence-electron chi connectivity index (χ3n) is 2.23. The van der Waals surface area contributed by atoms with Gasteiger partial charge in [0.25, 0.3) is 0 Å². The molecule has 0 aliphatic carbocycles. The molecule has 15 heavy (non-hydrogen) atoms. The molecule has 0 unspecified atom stereocenters. The van der Waals surface area contributed by atoms with E-state index < -0.39 is 0 Å². The van der Waals surface area contributed by atoms with E-state index in [1.807, 2.05) is 41.1 Å². The monoisotopic (exact) mass is 260 g/mol. The summed E-state index contributed by atoms with van der Waals surface area (Å²) in [6, 6.07) is 13.9. The second kappa shape index (κ2) is 4.33. The van der Waals surface area contributed by atoms with Crippen molar-refractivity contribution in [2.75, 3.05) is 0 Å². The second-order valence-electron chi connectivity index (χ2n) is 3.18. The maximum absolute atomic E-state index is 8.89. The van der Waals surface area contributed by atoms with Crippen LogP contribution in [0.15, 0.2) is 42.6 Å². The smallest absolute Gasteiger partial charge is 0.124 e. The molecular weight excluding hydrogens is 252 g/mol. The Labute approximate surface area is 96.9 Å². The summed E-state index contributed by atoms with van der Waals surface area (Å²) in [5.41, 5.74) is 2.90. The standard InChI is InChI=1S/C12H9BrN2/c13-8-10-3-5-11(6-4-10)15-7-1-2-12(15)9-14/h1-7H,8H2. The first-order valence-electron chi connectivity index (χ1n) is 4.58. The lowest BCUT2D eigenvalue weighted by molar-refractivity contribution is 1.05. The first-order chi connectivity index (χ1) is 7.35. The molecule has 0 aliphatic heterocycles. The van der Waals surface area contributed by atoms with Gasteiger partial charge in [-0.2, -0.15) is 5.26 Å². The van der Waals surface area contributed by atoms with Crippen LogP contribution in [0.1, 0.15) is 11.3 Å². The molecule has 0 saturated carbocycles. The molecule has 0 N–H and O–H groups in total. The third kappa shape index (κ3) is 1.95. The number of hydrogen-bond acceptors (Lipinski definition) is 1. The number of benzene rings is 1. The number of alkyl halides is 1. The molecule has 3 heteroatoms. The SMILES string of the molecule is N#Cc1cccn1-c1ccc(CBr)cc1. The van der Waals surface area contributed by atoms with Crippen molar-refractivity contribution in [1.82, 2.24) is 4.57 Å². The Kier molecular flexibility index (Phi) is 2.89. The van der Waals surface area contributed by atoms with Crippen LogP contribution in [0, 0.1) is 11.3 Å². The molecule has 0 amide bonds. The Bertz CT molecular complexity index is 491. The topological polar surface area (TPSA) is 28.7 Å². The zero-order valence-corrected chi connectivity index (χ0v) is 9.61. The Morgan fingerprint density at radius 2 is 1.93 bits per heavy atom. The van der Waals surface area contributed by atoms with E-state index >= 15 is 0 Å². The average Bonchev–Trinajstić information content (AvgIpc) is 2.77. The van der Waals surface area contributed by atoms with E-state index in [-0.39, 0.29) is 0 Å². The normalized spacial score (nSPS) is 9.87. The minimum atomic E-state index is 0.654. The molecule has 2 aromatic rings. The maximum atomic E-state index is 8.89. The van der Waals surface area contributed by atoms with Crippen molar-refractivity contribution in [3.63, 3.8) is 0 Å². The summed E-state index contributed by atoms with van der Waals surface area (Å²) in [6.45, 7) is 0. The molecule has 0 spiro atoms. The van der Waals surface area contributed by atoms with Crippen molar-refractivity contribution in [3.05, 3.63) is 53.9 Å². The van der Waals surface area contributed by atoms with E-state index in [0.29, 0.717) is 5.69 Å². The number of halogens is 1. The Morgan fingerprint density at radius 3 is 2.53 bits per heavy atom. The van der Waals surface area contributed by atoms with Crippen LogP contribution in [0.25, 0.3) is 5.69 Å². The van der Waals surface area contributed by atoms with Gasteiger partial charge < -0.3 is 4.57 Å². The van der Waals surface area contributed by atoms with Gasteiger partial charge in [-0.05, 0) is 29.8 Å². The number of rotatable bonds is 2. The minimum Gasteiger partial charge on any atom is -0.308 e. The number of nitrogens with zero attached hydrogens (tertiary/aromatic N) is 2. The highest BCUT2D eigenvalue weighted by atomic mass is 79.9. The third-order valence-corrected chi connectivity index (χ3v) is 2.88. The van der Waals surface area contributed by atoms with Crippen LogP contribution in [0.2, 0.25) is 0 Å². The largest absolute Gasteiger partial charge is 0.308 e. The first kappa shape index (κ1) is 10.0. The molecule has 0 bridgehead atoms. The fraction of sp³-hybridized carbons (Fsp3) is 0.0833. The Morgan fingerprint density at radius 1 is 1.20 bits per heavy atom. The summed E-state index contributed by atoms with van der Waals surface area (Å²) >= 11 is 3.40. The molecule has 1 heterocycles. The summed E-state index contributed by atoms with van der Waals surface area (Å²) in [7, 11) is 0. The Hall–Kier alpha value is -1.53. The van der Waals surface area contributed by atoms with Gasteiger partial charge in [-0.15, -0.1) is 0 Å². The van der Waals surface area contributed by atoms with Gasteiger partial charge in [0.15, 0.2) is 0 Å². The average molecular weight is 261 g/mol. The predicted molar refractivity (Wildman–Crippen MR) is 63.1 cm³/mol. The molecule has 0 atom stereocenters. The van der Waals surface area contributed by atoms with Gasteiger partial charge in [-0.1, -0.05) is 28.1 Å². The van der Waals surface area contributed by atoms with Crippen molar-refractivity contribution in [2.45, 2.75) is 5.33 Å². The lowest BCUT2D eigenvalue weighted by Crippen LogP contribution is -1.94. The van der Waals surface area contributed by atoms with E-state index in [1.54, 1.807) is 6.07 Å². The molecule has 1 aromatic heterocycles. The summed E-state index contributed by atoms with van der Waals surface area (Å²) in [5, 5.41) is 9.74. The fourth-order valence-electron chi connectivity index (χ4n) is 1.44.